The maximum Gasteiger partial charge on any atom is 0.255 e. The van der Waals surface area contributed by atoms with E-state index >= 15 is 0 Å². The highest BCUT2D eigenvalue weighted by molar-refractivity contribution is 5.85. The molecule has 0 radical (unpaired) electrons. The lowest BCUT2D eigenvalue weighted by atomic mass is 10.1. The van der Waals surface area contributed by atoms with Crippen molar-refractivity contribution in [3.8, 4) is 23.0 Å². The number of benzene rings is 2. The molecule has 1 aliphatic heterocycles. The fourth-order valence-corrected chi connectivity index (χ4v) is 2.49. The van der Waals surface area contributed by atoms with Gasteiger partial charge in [-0.2, -0.15) is 0 Å². The minimum absolute atomic E-state index is 0. The molecule has 0 aliphatic carbocycles. The van der Waals surface area contributed by atoms with Crippen LogP contribution in [-0.2, 0) is 17.9 Å². The Bertz CT molecular complexity index is 769. The third-order valence-electron chi connectivity index (χ3n) is 3.69. The standard InChI is InChI=1S/C18H20N2O5.ClH/c1-22-16-6-12(2-4-14(16)23-10-18(19)21)8-20-9-13-3-5-15-17(7-13)25-11-24-15;/h2-7,20H,8-11H2,1H3,(H2,19,21);1H. The van der Waals surface area contributed by atoms with Gasteiger partial charge in [0.2, 0.25) is 6.79 Å². The van der Waals surface area contributed by atoms with E-state index in [2.05, 4.69) is 5.32 Å². The fraction of sp³-hybridized carbons (Fsp3) is 0.278. The first kappa shape index (κ1) is 19.7. The Morgan fingerprint density at radius 1 is 1.08 bits per heavy atom. The molecule has 0 unspecified atom stereocenters. The van der Waals surface area contributed by atoms with Crippen LogP contribution in [0, 0.1) is 0 Å². The van der Waals surface area contributed by atoms with Crippen LogP contribution in [0.15, 0.2) is 36.4 Å². The van der Waals surface area contributed by atoms with Crippen LogP contribution in [-0.4, -0.2) is 26.4 Å². The second kappa shape index (κ2) is 9.17. The van der Waals surface area contributed by atoms with E-state index in [1.165, 1.54) is 0 Å². The molecule has 3 rings (SSSR count). The molecule has 26 heavy (non-hydrogen) atoms. The minimum Gasteiger partial charge on any atom is -0.493 e. The van der Waals surface area contributed by atoms with E-state index in [-0.39, 0.29) is 25.8 Å². The Morgan fingerprint density at radius 3 is 2.50 bits per heavy atom. The van der Waals surface area contributed by atoms with Gasteiger partial charge in [-0.05, 0) is 35.4 Å². The molecule has 0 saturated carbocycles. The molecule has 0 fully saturated rings. The molecule has 0 saturated heterocycles. The van der Waals surface area contributed by atoms with E-state index in [9.17, 15) is 4.79 Å². The number of primary amides is 1. The zero-order valence-electron chi connectivity index (χ0n) is 14.3. The Balaban J connectivity index is 0.00000243. The number of methoxy groups -OCH3 is 1. The van der Waals surface area contributed by atoms with Crippen LogP contribution >= 0.6 is 12.4 Å². The highest BCUT2D eigenvalue weighted by Crippen LogP contribution is 2.32. The lowest BCUT2D eigenvalue weighted by molar-refractivity contribution is -0.119. The average Bonchev–Trinajstić information content (AvgIpc) is 3.08. The predicted molar refractivity (Wildman–Crippen MR) is 98.0 cm³/mol. The van der Waals surface area contributed by atoms with E-state index in [1.54, 1.807) is 13.2 Å². The molecule has 0 bridgehead atoms. The summed E-state index contributed by atoms with van der Waals surface area (Å²) in [5, 5.41) is 3.36. The number of fused-ring (bicyclic) bond motifs is 1. The van der Waals surface area contributed by atoms with Crippen LogP contribution in [0.2, 0.25) is 0 Å². The molecule has 0 aromatic heterocycles. The van der Waals surface area contributed by atoms with Gasteiger partial charge in [-0.15, -0.1) is 12.4 Å². The van der Waals surface area contributed by atoms with Crippen molar-refractivity contribution in [1.29, 1.82) is 0 Å². The lowest BCUT2D eigenvalue weighted by Crippen LogP contribution is -2.20. The summed E-state index contributed by atoms with van der Waals surface area (Å²) in [5.41, 5.74) is 7.23. The molecule has 1 aliphatic rings. The summed E-state index contributed by atoms with van der Waals surface area (Å²) in [7, 11) is 1.55. The Labute approximate surface area is 157 Å². The fourth-order valence-electron chi connectivity index (χ4n) is 2.49. The van der Waals surface area contributed by atoms with Gasteiger partial charge in [0.15, 0.2) is 29.6 Å². The second-order valence-electron chi connectivity index (χ2n) is 5.53. The van der Waals surface area contributed by atoms with Gasteiger partial charge in [-0.1, -0.05) is 12.1 Å². The number of ether oxygens (including phenoxy) is 4. The summed E-state index contributed by atoms with van der Waals surface area (Å²) in [4.78, 5) is 10.8. The summed E-state index contributed by atoms with van der Waals surface area (Å²) in [6, 6.07) is 11.4. The predicted octanol–water partition coefficient (Wildman–Crippen LogP) is 2.00. The van der Waals surface area contributed by atoms with Gasteiger partial charge in [0.1, 0.15) is 0 Å². The van der Waals surface area contributed by atoms with Gasteiger partial charge >= 0.3 is 0 Å². The zero-order valence-corrected chi connectivity index (χ0v) is 15.1. The Kier molecular flexibility index (Phi) is 6.94. The summed E-state index contributed by atoms with van der Waals surface area (Å²) < 4.78 is 21.3. The quantitative estimate of drug-likeness (QED) is 0.727. The minimum atomic E-state index is -0.531. The van der Waals surface area contributed by atoms with Crippen LogP contribution in [0.1, 0.15) is 11.1 Å². The largest absolute Gasteiger partial charge is 0.493 e. The van der Waals surface area contributed by atoms with Gasteiger partial charge in [-0.25, -0.2) is 0 Å². The molecule has 2 aromatic rings. The number of nitrogens with one attached hydrogen (secondary N) is 1. The second-order valence-corrected chi connectivity index (χ2v) is 5.53. The summed E-state index contributed by atoms with van der Waals surface area (Å²) in [6.45, 7) is 1.44. The zero-order chi connectivity index (χ0) is 17.6. The molecule has 140 valence electrons. The number of hydrogen-bond acceptors (Lipinski definition) is 6. The highest BCUT2D eigenvalue weighted by atomic mass is 35.5. The SMILES string of the molecule is COc1cc(CNCc2ccc3c(c2)OCO3)ccc1OCC(N)=O.Cl. The van der Waals surface area contributed by atoms with Crippen LogP contribution in [0.5, 0.6) is 23.0 Å². The first-order chi connectivity index (χ1) is 12.2. The summed E-state index contributed by atoms with van der Waals surface area (Å²) in [5.74, 6) is 2.07. The van der Waals surface area contributed by atoms with E-state index in [4.69, 9.17) is 24.7 Å². The molecule has 0 atom stereocenters. The number of rotatable bonds is 8. The number of carbonyl (C=O) groups is 1. The van der Waals surface area contributed by atoms with E-state index in [0.717, 1.165) is 22.6 Å². The smallest absolute Gasteiger partial charge is 0.255 e. The van der Waals surface area contributed by atoms with Crippen molar-refractivity contribution < 1.29 is 23.7 Å². The molecule has 3 N–H and O–H groups in total. The first-order valence-electron chi connectivity index (χ1n) is 7.83. The third-order valence-corrected chi connectivity index (χ3v) is 3.69. The number of carbonyl (C=O) groups excluding carboxylic acids is 1. The molecular formula is C18H21ClN2O5. The molecule has 8 heteroatoms. The molecule has 0 spiro atoms. The first-order valence-corrected chi connectivity index (χ1v) is 7.83. The molecular weight excluding hydrogens is 360 g/mol. The van der Waals surface area contributed by atoms with Crippen molar-refractivity contribution in [1.82, 2.24) is 5.32 Å². The van der Waals surface area contributed by atoms with Crippen molar-refractivity contribution >= 4 is 18.3 Å². The number of halogens is 1. The van der Waals surface area contributed by atoms with E-state index < -0.39 is 5.91 Å². The molecule has 1 amide bonds. The Morgan fingerprint density at radius 2 is 1.77 bits per heavy atom. The lowest BCUT2D eigenvalue weighted by Gasteiger charge is -2.12. The maximum atomic E-state index is 10.8. The van der Waals surface area contributed by atoms with Crippen LogP contribution in [0.4, 0.5) is 0 Å². The molecule has 1 heterocycles. The Hall–Kier alpha value is -2.64. The molecule has 7 nitrogen and oxygen atoms in total. The van der Waals surface area contributed by atoms with Crippen LogP contribution < -0.4 is 30.0 Å². The van der Waals surface area contributed by atoms with Gasteiger partial charge in [-0.3, -0.25) is 4.79 Å². The van der Waals surface area contributed by atoms with Crippen molar-refractivity contribution in [3.05, 3.63) is 47.5 Å². The van der Waals surface area contributed by atoms with Gasteiger partial charge in [0, 0.05) is 13.1 Å². The van der Waals surface area contributed by atoms with Gasteiger partial charge in [0.05, 0.1) is 7.11 Å². The van der Waals surface area contributed by atoms with Crippen molar-refractivity contribution in [2.45, 2.75) is 13.1 Å². The van der Waals surface area contributed by atoms with E-state index in [1.807, 2.05) is 30.3 Å². The van der Waals surface area contributed by atoms with Gasteiger partial charge in [0.25, 0.3) is 5.91 Å². The van der Waals surface area contributed by atoms with Crippen molar-refractivity contribution in [2.75, 3.05) is 20.5 Å². The third kappa shape index (κ3) is 4.93. The number of nitrogens with two attached hydrogens (primary N) is 1. The van der Waals surface area contributed by atoms with E-state index in [0.29, 0.717) is 24.6 Å². The number of amides is 1. The normalized spacial score (nSPS) is 11.6. The average molecular weight is 381 g/mol. The van der Waals surface area contributed by atoms with Crippen molar-refractivity contribution in [3.63, 3.8) is 0 Å². The highest BCUT2D eigenvalue weighted by Gasteiger charge is 2.13. The number of hydrogen-bond donors (Lipinski definition) is 2. The van der Waals surface area contributed by atoms with Crippen molar-refractivity contribution in [2.24, 2.45) is 5.73 Å². The maximum absolute atomic E-state index is 10.8. The molecule has 2 aromatic carbocycles. The van der Waals surface area contributed by atoms with Gasteiger partial charge < -0.3 is 30.0 Å². The topological polar surface area (TPSA) is 92.0 Å². The van der Waals surface area contributed by atoms with Crippen LogP contribution in [0.3, 0.4) is 0 Å². The summed E-state index contributed by atoms with van der Waals surface area (Å²) in [6.07, 6.45) is 0. The monoisotopic (exact) mass is 380 g/mol. The summed E-state index contributed by atoms with van der Waals surface area (Å²) >= 11 is 0. The van der Waals surface area contributed by atoms with Crippen LogP contribution in [0.25, 0.3) is 0 Å².